The zero-order chi connectivity index (χ0) is 10.8. The van der Waals surface area contributed by atoms with Crippen molar-refractivity contribution in [2.24, 2.45) is 5.73 Å². The Bertz CT molecular complexity index is 550. The number of hydrogen-bond donors (Lipinski definition) is 2. The number of benzene rings is 1. The van der Waals surface area contributed by atoms with Gasteiger partial charge in [-0.3, -0.25) is 0 Å². The SMILES string of the molecule is NCCc1[nH]c(=O)nc2c(Br)cccc12. The van der Waals surface area contributed by atoms with Gasteiger partial charge in [-0.05, 0) is 28.5 Å². The number of nitrogens with one attached hydrogen (secondary N) is 1. The van der Waals surface area contributed by atoms with Crippen molar-refractivity contribution in [2.45, 2.75) is 6.42 Å². The largest absolute Gasteiger partial charge is 0.345 e. The summed E-state index contributed by atoms with van der Waals surface area (Å²) >= 11 is 3.37. The van der Waals surface area contributed by atoms with Gasteiger partial charge in [0, 0.05) is 22.0 Å². The molecule has 0 saturated heterocycles. The van der Waals surface area contributed by atoms with Crippen LogP contribution in [0, 0.1) is 0 Å². The first kappa shape index (κ1) is 10.3. The normalized spacial score (nSPS) is 10.8. The van der Waals surface area contributed by atoms with E-state index in [0.717, 1.165) is 15.6 Å². The molecule has 2 rings (SSSR count). The van der Waals surface area contributed by atoms with Crippen molar-refractivity contribution in [1.29, 1.82) is 0 Å². The molecule has 0 aliphatic heterocycles. The van der Waals surface area contributed by atoms with Crippen LogP contribution in [-0.2, 0) is 6.42 Å². The van der Waals surface area contributed by atoms with Crippen molar-refractivity contribution in [3.05, 3.63) is 38.9 Å². The quantitative estimate of drug-likeness (QED) is 0.859. The molecule has 1 aromatic carbocycles. The molecule has 0 bridgehead atoms. The molecule has 2 aromatic rings. The number of hydrogen-bond acceptors (Lipinski definition) is 3. The molecule has 15 heavy (non-hydrogen) atoms. The van der Waals surface area contributed by atoms with Gasteiger partial charge >= 0.3 is 5.69 Å². The molecule has 5 heteroatoms. The van der Waals surface area contributed by atoms with E-state index >= 15 is 0 Å². The molecule has 0 unspecified atom stereocenters. The lowest BCUT2D eigenvalue weighted by Gasteiger charge is -2.04. The Hall–Kier alpha value is -1.20. The van der Waals surface area contributed by atoms with Gasteiger partial charge in [-0.2, -0.15) is 4.98 Å². The molecule has 0 aliphatic carbocycles. The van der Waals surface area contributed by atoms with Gasteiger partial charge < -0.3 is 10.7 Å². The Morgan fingerprint density at radius 2 is 2.27 bits per heavy atom. The molecule has 0 aliphatic rings. The van der Waals surface area contributed by atoms with Crippen LogP contribution in [0.2, 0.25) is 0 Å². The fourth-order valence-electron chi connectivity index (χ4n) is 1.54. The van der Waals surface area contributed by atoms with Gasteiger partial charge in [0.05, 0.1) is 5.52 Å². The summed E-state index contributed by atoms with van der Waals surface area (Å²) in [5.74, 6) is 0. The number of H-pyrrole nitrogens is 1. The maximum atomic E-state index is 11.3. The summed E-state index contributed by atoms with van der Waals surface area (Å²) < 4.78 is 0.823. The van der Waals surface area contributed by atoms with Crippen molar-refractivity contribution in [3.8, 4) is 0 Å². The van der Waals surface area contributed by atoms with Crippen LogP contribution in [0.5, 0.6) is 0 Å². The van der Waals surface area contributed by atoms with Crippen LogP contribution < -0.4 is 11.4 Å². The predicted octanol–water partition coefficient (Wildman–Crippen LogP) is 1.19. The smallest absolute Gasteiger partial charge is 0.330 e. The third-order valence-corrected chi connectivity index (χ3v) is 2.82. The number of halogens is 1. The highest BCUT2D eigenvalue weighted by molar-refractivity contribution is 9.10. The average Bonchev–Trinajstić information content (AvgIpc) is 2.20. The summed E-state index contributed by atoms with van der Waals surface area (Å²) in [6, 6.07) is 5.70. The lowest BCUT2D eigenvalue weighted by molar-refractivity contribution is 0.910. The number of rotatable bonds is 2. The third-order valence-electron chi connectivity index (χ3n) is 2.18. The number of para-hydroxylation sites is 1. The Balaban J connectivity index is 2.80. The molecule has 3 N–H and O–H groups in total. The van der Waals surface area contributed by atoms with E-state index in [2.05, 4.69) is 25.9 Å². The lowest BCUT2D eigenvalue weighted by Crippen LogP contribution is -2.15. The lowest BCUT2D eigenvalue weighted by atomic mass is 10.1. The molecule has 0 radical (unpaired) electrons. The van der Waals surface area contributed by atoms with Crippen LogP contribution in [0.4, 0.5) is 0 Å². The van der Waals surface area contributed by atoms with Gasteiger partial charge in [0.15, 0.2) is 0 Å². The van der Waals surface area contributed by atoms with E-state index in [1.807, 2.05) is 18.2 Å². The summed E-state index contributed by atoms with van der Waals surface area (Å²) in [7, 11) is 0. The van der Waals surface area contributed by atoms with E-state index in [-0.39, 0.29) is 5.69 Å². The van der Waals surface area contributed by atoms with Crippen molar-refractivity contribution >= 4 is 26.8 Å². The van der Waals surface area contributed by atoms with Crippen molar-refractivity contribution in [2.75, 3.05) is 6.54 Å². The van der Waals surface area contributed by atoms with Crippen molar-refractivity contribution in [3.63, 3.8) is 0 Å². The van der Waals surface area contributed by atoms with Crippen LogP contribution in [0.3, 0.4) is 0 Å². The summed E-state index contributed by atoms with van der Waals surface area (Å²) in [4.78, 5) is 17.9. The first-order chi connectivity index (χ1) is 7.22. The van der Waals surface area contributed by atoms with E-state index in [1.54, 1.807) is 0 Å². The van der Waals surface area contributed by atoms with Gasteiger partial charge in [0.2, 0.25) is 0 Å². The van der Waals surface area contributed by atoms with Crippen molar-refractivity contribution < 1.29 is 0 Å². The fraction of sp³-hybridized carbons (Fsp3) is 0.200. The standard InChI is InChI=1S/C10H10BrN3O/c11-7-3-1-2-6-8(4-5-12)13-10(15)14-9(6)7/h1-3H,4-5,12H2,(H,13,14,15). The minimum absolute atomic E-state index is 0.335. The van der Waals surface area contributed by atoms with Gasteiger partial charge in [0.1, 0.15) is 0 Å². The van der Waals surface area contributed by atoms with E-state index in [1.165, 1.54) is 0 Å². The van der Waals surface area contributed by atoms with Crippen LogP contribution in [0.1, 0.15) is 5.69 Å². The molecule has 1 heterocycles. The predicted molar refractivity (Wildman–Crippen MR) is 62.8 cm³/mol. The second kappa shape index (κ2) is 4.12. The van der Waals surface area contributed by atoms with Gasteiger partial charge in [-0.1, -0.05) is 12.1 Å². The minimum Gasteiger partial charge on any atom is -0.330 e. The molecule has 0 amide bonds. The Kier molecular flexibility index (Phi) is 2.83. The molecular weight excluding hydrogens is 258 g/mol. The highest BCUT2D eigenvalue weighted by Crippen LogP contribution is 2.22. The second-order valence-corrected chi connectivity index (χ2v) is 4.05. The zero-order valence-corrected chi connectivity index (χ0v) is 9.54. The van der Waals surface area contributed by atoms with Crippen LogP contribution in [0.15, 0.2) is 27.5 Å². The number of aromatic amines is 1. The topological polar surface area (TPSA) is 71.8 Å². The summed E-state index contributed by atoms with van der Waals surface area (Å²) in [6.45, 7) is 0.502. The number of nitrogens with zero attached hydrogens (tertiary/aromatic N) is 1. The Labute approximate surface area is 94.7 Å². The molecule has 4 nitrogen and oxygen atoms in total. The minimum atomic E-state index is -0.335. The molecule has 1 aromatic heterocycles. The fourth-order valence-corrected chi connectivity index (χ4v) is 1.99. The molecule has 0 atom stereocenters. The maximum absolute atomic E-state index is 11.3. The Morgan fingerprint density at radius 1 is 1.47 bits per heavy atom. The Morgan fingerprint density at radius 3 is 3.00 bits per heavy atom. The second-order valence-electron chi connectivity index (χ2n) is 3.20. The number of nitrogens with two attached hydrogens (primary N) is 1. The summed E-state index contributed by atoms with van der Waals surface area (Å²) in [6.07, 6.45) is 0.644. The van der Waals surface area contributed by atoms with E-state index in [4.69, 9.17) is 5.73 Å². The monoisotopic (exact) mass is 267 g/mol. The van der Waals surface area contributed by atoms with Crippen LogP contribution >= 0.6 is 15.9 Å². The third kappa shape index (κ3) is 1.93. The molecule has 0 saturated carbocycles. The molecule has 0 fully saturated rings. The van der Waals surface area contributed by atoms with Crippen molar-refractivity contribution in [1.82, 2.24) is 9.97 Å². The van der Waals surface area contributed by atoms with Gasteiger partial charge in [-0.15, -0.1) is 0 Å². The summed E-state index contributed by atoms with van der Waals surface area (Å²) in [5.41, 5.74) is 6.68. The van der Waals surface area contributed by atoms with Crippen LogP contribution in [-0.4, -0.2) is 16.5 Å². The van der Waals surface area contributed by atoms with Gasteiger partial charge in [0.25, 0.3) is 0 Å². The van der Waals surface area contributed by atoms with E-state index in [9.17, 15) is 4.79 Å². The molecule has 0 spiro atoms. The number of aromatic nitrogens is 2. The zero-order valence-electron chi connectivity index (χ0n) is 7.96. The average molecular weight is 268 g/mol. The van der Waals surface area contributed by atoms with E-state index in [0.29, 0.717) is 18.5 Å². The van der Waals surface area contributed by atoms with Crippen LogP contribution in [0.25, 0.3) is 10.9 Å². The summed E-state index contributed by atoms with van der Waals surface area (Å²) in [5, 5.41) is 0.939. The van der Waals surface area contributed by atoms with E-state index < -0.39 is 0 Å². The number of fused-ring (bicyclic) bond motifs is 1. The highest BCUT2D eigenvalue weighted by Gasteiger charge is 2.06. The molecule has 78 valence electrons. The molecular formula is C10H10BrN3O. The first-order valence-electron chi connectivity index (χ1n) is 4.60. The maximum Gasteiger partial charge on any atom is 0.345 e. The first-order valence-corrected chi connectivity index (χ1v) is 5.39. The van der Waals surface area contributed by atoms with Gasteiger partial charge in [-0.25, -0.2) is 4.79 Å². The highest BCUT2D eigenvalue weighted by atomic mass is 79.9.